The monoisotopic (exact) mass is 449 g/mol. The van der Waals surface area contributed by atoms with Crippen molar-refractivity contribution in [1.82, 2.24) is 14.8 Å². The summed E-state index contributed by atoms with van der Waals surface area (Å²) in [6.07, 6.45) is 5.49. The van der Waals surface area contributed by atoms with Gasteiger partial charge in [0.15, 0.2) is 5.78 Å². The van der Waals surface area contributed by atoms with Gasteiger partial charge in [0, 0.05) is 30.1 Å². The molecule has 2 aromatic rings. The Balaban J connectivity index is 1.39. The van der Waals surface area contributed by atoms with Gasteiger partial charge < -0.3 is 14.6 Å². The van der Waals surface area contributed by atoms with Crippen LogP contribution in [-0.2, 0) is 28.0 Å². The highest BCUT2D eigenvalue weighted by Crippen LogP contribution is 2.39. The van der Waals surface area contributed by atoms with E-state index in [0.29, 0.717) is 18.5 Å². The first-order valence-corrected chi connectivity index (χ1v) is 11.9. The standard InChI is InChI=1S/C26H31N3O4/c1-17-14-21(18(2)28(17)15-20-10-7-13-33-20)23(30)16-29-24(31)26(27-25(29)32)12-6-5-9-19-8-3-4-11-22(19)26/h3-4,8,11,14,20H,5-7,9-10,12-13,15-16H2,1-2H3,(H,27,32)/t20-,26-/m1/s1. The summed E-state index contributed by atoms with van der Waals surface area (Å²) in [5, 5.41) is 2.97. The lowest BCUT2D eigenvalue weighted by atomic mass is 9.84. The van der Waals surface area contributed by atoms with E-state index in [1.807, 2.05) is 44.2 Å². The fraction of sp³-hybridized carbons (Fsp3) is 0.500. The molecule has 174 valence electrons. The van der Waals surface area contributed by atoms with Crippen molar-refractivity contribution >= 4 is 17.7 Å². The van der Waals surface area contributed by atoms with E-state index < -0.39 is 11.6 Å². The smallest absolute Gasteiger partial charge is 0.325 e. The van der Waals surface area contributed by atoms with Crippen LogP contribution in [0.4, 0.5) is 4.79 Å². The lowest BCUT2D eigenvalue weighted by Gasteiger charge is -2.27. The number of aromatic nitrogens is 1. The Morgan fingerprint density at radius 2 is 2.00 bits per heavy atom. The van der Waals surface area contributed by atoms with Crippen LogP contribution in [0.2, 0.25) is 0 Å². The lowest BCUT2D eigenvalue weighted by Crippen LogP contribution is -2.44. The molecule has 3 aliphatic rings. The maximum atomic E-state index is 13.6. The molecule has 1 aliphatic carbocycles. The maximum Gasteiger partial charge on any atom is 0.325 e. The molecular weight excluding hydrogens is 418 g/mol. The molecule has 7 heteroatoms. The number of rotatable bonds is 5. The quantitative estimate of drug-likeness (QED) is 0.558. The van der Waals surface area contributed by atoms with Crippen molar-refractivity contribution in [2.75, 3.05) is 13.2 Å². The zero-order valence-corrected chi connectivity index (χ0v) is 19.4. The van der Waals surface area contributed by atoms with Crippen LogP contribution in [0.15, 0.2) is 30.3 Å². The van der Waals surface area contributed by atoms with Crippen LogP contribution < -0.4 is 5.32 Å². The minimum Gasteiger partial charge on any atom is -0.376 e. The molecule has 3 amide bonds. The highest BCUT2D eigenvalue weighted by molar-refractivity contribution is 6.11. The first-order valence-electron chi connectivity index (χ1n) is 11.9. The van der Waals surface area contributed by atoms with Crippen molar-refractivity contribution in [3.05, 3.63) is 58.4 Å². The number of nitrogens with zero attached hydrogens (tertiary/aromatic N) is 2. The Morgan fingerprint density at radius 1 is 1.18 bits per heavy atom. The molecule has 1 N–H and O–H groups in total. The highest BCUT2D eigenvalue weighted by atomic mass is 16.5. The molecule has 0 radical (unpaired) electrons. The van der Waals surface area contributed by atoms with E-state index in [1.54, 1.807) is 0 Å². The van der Waals surface area contributed by atoms with Crippen molar-refractivity contribution in [3.63, 3.8) is 0 Å². The topological polar surface area (TPSA) is 80.6 Å². The van der Waals surface area contributed by atoms with Crippen LogP contribution in [-0.4, -0.2) is 46.4 Å². The van der Waals surface area contributed by atoms with E-state index in [1.165, 1.54) is 0 Å². The molecule has 33 heavy (non-hydrogen) atoms. The minimum absolute atomic E-state index is 0.166. The van der Waals surface area contributed by atoms with Gasteiger partial charge in [0.05, 0.1) is 12.6 Å². The number of carbonyl (C=O) groups excluding carboxylic acids is 3. The fourth-order valence-electron chi connectivity index (χ4n) is 5.70. The highest BCUT2D eigenvalue weighted by Gasteiger charge is 2.53. The summed E-state index contributed by atoms with van der Waals surface area (Å²) in [7, 11) is 0. The number of ether oxygens (including phenoxy) is 1. The van der Waals surface area contributed by atoms with Crippen LogP contribution in [0.5, 0.6) is 0 Å². The first kappa shape index (κ1) is 21.9. The predicted molar refractivity (Wildman–Crippen MR) is 123 cm³/mol. The number of imide groups is 1. The molecule has 7 nitrogen and oxygen atoms in total. The van der Waals surface area contributed by atoms with Crippen LogP contribution in [0.1, 0.15) is 65.0 Å². The zero-order chi connectivity index (χ0) is 23.2. The molecule has 0 unspecified atom stereocenters. The van der Waals surface area contributed by atoms with Gasteiger partial charge in [-0.15, -0.1) is 0 Å². The number of nitrogens with one attached hydrogen (secondary N) is 1. The zero-order valence-electron chi connectivity index (χ0n) is 19.4. The van der Waals surface area contributed by atoms with Crippen molar-refractivity contribution in [3.8, 4) is 0 Å². The van der Waals surface area contributed by atoms with Gasteiger partial charge in [-0.1, -0.05) is 24.3 Å². The molecule has 0 bridgehead atoms. The molecule has 2 fully saturated rings. The summed E-state index contributed by atoms with van der Waals surface area (Å²) < 4.78 is 7.87. The molecule has 5 rings (SSSR count). The number of amides is 3. The molecule has 0 saturated carbocycles. The van der Waals surface area contributed by atoms with E-state index >= 15 is 0 Å². The van der Waals surface area contributed by atoms with Crippen molar-refractivity contribution in [2.45, 2.75) is 70.6 Å². The van der Waals surface area contributed by atoms with Gasteiger partial charge in [0.2, 0.25) is 0 Å². The lowest BCUT2D eigenvalue weighted by molar-refractivity contribution is -0.131. The Hall–Kier alpha value is -2.93. The largest absolute Gasteiger partial charge is 0.376 e. The molecule has 1 aromatic heterocycles. The van der Waals surface area contributed by atoms with Crippen molar-refractivity contribution in [2.24, 2.45) is 0 Å². The van der Waals surface area contributed by atoms with E-state index in [4.69, 9.17) is 4.74 Å². The molecular formula is C26H31N3O4. The SMILES string of the molecule is Cc1cc(C(=O)CN2C(=O)N[C@@]3(CCCCc4ccccc43)C2=O)c(C)n1C[C@H]1CCCO1. The fourth-order valence-corrected chi connectivity index (χ4v) is 5.70. The normalized spacial score (nSPS) is 24.8. The number of fused-ring (bicyclic) bond motifs is 2. The average Bonchev–Trinajstić information content (AvgIpc) is 3.44. The molecule has 1 spiro atoms. The third-order valence-electron chi connectivity index (χ3n) is 7.49. The summed E-state index contributed by atoms with van der Waals surface area (Å²) in [4.78, 5) is 41.0. The number of aryl methyl sites for hydroxylation is 2. The van der Waals surface area contributed by atoms with Gasteiger partial charge in [-0.3, -0.25) is 14.5 Å². The number of hydrogen-bond acceptors (Lipinski definition) is 4. The summed E-state index contributed by atoms with van der Waals surface area (Å²) in [6.45, 7) is 5.15. The number of ketones is 1. The van der Waals surface area contributed by atoms with Gasteiger partial charge in [0.25, 0.3) is 5.91 Å². The maximum absolute atomic E-state index is 13.6. The van der Waals surface area contributed by atoms with E-state index in [0.717, 1.165) is 66.1 Å². The third-order valence-corrected chi connectivity index (χ3v) is 7.49. The Kier molecular flexibility index (Phi) is 5.60. The summed E-state index contributed by atoms with van der Waals surface area (Å²) >= 11 is 0. The summed E-state index contributed by atoms with van der Waals surface area (Å²) in [5.41, 5.74) is 3.29. The first-order chi connectivity index (χ1) is 15.9. The van der Waals surface area contributed by atoms with Crippen molar-refractivity contribution in [1.29, 1.82) is 0 Å². The number of carbonyl (C=O) groups is 3. The van der Waals surface area contributed by atoms with Crippen molar-refractivity contribution < 1.29 is 19.1 Å². The van der Waals surface area contributed by atoms with Crippen LogP contribution in [0, 0.1) is 13.8 Å². The number of hydrogen-bond donors (Lipinski definition) is 1. The van der Waals surface area contributed by atoms with E-state index in [9.17, 15) is 14.4 Å². The van der Waals surface area contributed by atoms with E-state index in [2.05, 4.69) is 9.88 Å². The molecule has 3 heterocycles. The van der Waals surface area contributed by atoms with Crippen LogP contribution in [0.25, 0.3) is 0 Å². The van der Waals surface area contributed by atoms with Crippen LogP contribution in [0.3, 0.4) is 0 Å². The molecule has 2 aliphatic heterocycles. The van der Waals surface area contributed by atoms with Gasteiger partial charge in [0.1, 0.15) is 5.54 Å². The summed E-state index contributed by atoms with van der Waals surface area (Å²) in [6, 6.07) is 9.20. The second kappa shape index (κ2) is 8.45. The summed E-state index contributed by atoms with van der Waals surface area (Å²) in [5.74, 6) is -0.535. The van der Waals surface area contributed by atoms with Gasteiger partial charge in [-0.2, -0.15) is 0 Å². The van der Waals surface area contributed by atoms with Gasteiger partial charge in [-0.05, 0) is 69.6 Å². The van der Waals surface area contributed by atoms with E-state index in [-0.39, 0.29) is 24.3 Å². The molecule has 2 atom stereocenters. The minimum atomic E-state index is -1.07. The molecule has 1 aromatic carbocycles. The number of Topliss-reactive ketones (excluding diaryl/α,β-unsaturated/α-hetero) is 1. The second-order valence-corrected chi connectivity index (χ2v) is 9.54. The Labute approximate surface area is 194 Å². The van der Waals surface area contributed by atoms with Gasteiger partial charge >= 0.3 is 6.03 Å². The predicted octanol–water partition coefficient (Wildman–Crippen LogP) is 3.64. The number of urea groups is 1. The Bertz CT molecular complexity index is 1110. The average molecular weight is 450 g/mol. The number of benzene rings is 1. The third kappa shape index (κ3) is 3.68. The van der Waals surface area contributed by atoms with Gasteiger partial charge in [-0.25, -0.2) is 4.79 Å². The second-order valence-electron chi connectivity index (χ2n) is 9.54. The molecule has 2 saturated heterocycles. The van der Waals surface area contributed by atoms with Crippen LogP contribution >= 0.6 is 0 Å². The Morgan fingerprint density at radius 3 is 2.79 bits per heavy atom.